The van der Waals surface area contributed by atoms with Crippen LogP contribution < -0.4 is 15.0 Å². The van der Waals surface area contributed by atoms with Crippen LogP contribution in [0.5, 0.6) is 5.75 Å². The SMILES string of the molecule is CC(=O)N1CCN(c2ccc(C(=O)Nc3ccccc3OC(C)C)cn2)CC1. The molecule has 1 aromatic heterocycles. The molecule has 0 saturated carbocycles. The van der Waals surface area contributed by atoms with Gasteiger partial charge in [-0.25, -0.2) is 4.98 Å². The fourth-order valence-corrected chi connectivity index (χ4v) is 3.08. The van der Waals surface area contributed by atoms with Crippen LogP contribution in [0.25, 0.3) is 0 Å². The largest absolute Gasteiger partial charge is 0.489 e. The van der Waals surface area contributed by atoms with Crippen molar-refractivity contribution in [2.45, 2.75) is 26.9 Å². The van der Waals surface area contributed by atoms with E-state index >= 15 is 0 Å². The minimum absolute atomic E-state index is 0.0162. The number of piperazine rings is 1. The van der Waals surface area contributed by atoms with Gasteiger partial charge in [0, 0.05) is 39.3 Å². The zero-order valence-corrected chi connectivity index (χ0v) is 16.5. The van der Waals surface area contributed by atoms with E-state index in [0.717, 1.165) is 18.9 Å². The first-order chi connectivity index (χ1) is 13.4. The molecule has 2 heterocycles. The standard InChI is InChI=1S/C21H26N4O3/c1-15(2)28-19-7-5-4-6-18(19)23-21(27)17-8-9-20(22-14-17)25-12-10-24(11-13-25)16(3)26/h4-9,14-15H,10-13H2,1-3H3,(H,23,27). The Morgan fingerprint density at radius 1 is 1.07 bits per heavy atom. The third-order valence-electron chi connectivity index (χ3n) is 4.56. The fraction of sp³-hybridized carbons (Fsp3) is 0.381. The molecule has 7 heteroatoms. The van der Waals surface area contributed by atoms with Crippen molar-refractivity contribution in [3.8, 4) is 5.75 Å². The highest BCUT2D eigenvalue weighted by Gasteiger charge is 2.20. The second-order valence-corrected chi connectivity index (χ2v) is 7.02. The van der Waals surface area contributed by atoms with Crippen molar-refractivity contribution in [2.75, 3.05) is 36.4 Å². The molecule has 0 bridgehead atoms. The second-order valence-electron chi connectivity index (χ2n) is 7.02. The number of benzene rings is 1. The van der Waals surface area contributed by atoms with Gasteiger partial charge < -0.3 is 19.9 Å². The van der Waals surface area contributed by atoms with E-state index in [1.165, 1.54) is 0 Å². The van der Waals surface area contributed by atoms with Crippen LogP contribution in [0.1, 0.15) is 31.1 Å². The Labute approximate surface area is 165 Å². The quantitative estimate of drug-likeness (QED) is 0.861. The third-order valence-corrected chi connectivity index (χ3v) is 4.56. The number of anilines is 2. The molecular weight excluding hydrogens is 356 g/mol. The van der Waals surface area contributed by atoms with Gasteiger partial charge in [-0.3, -0.25) is 9.59 Å². The summed E-state index contributed by atoms with van der Waals surface area (Å²) in [7, 11) is 0. The van der Waals surface area contributed by atoms with Crippen LogP contribution in [-0.4, -0.2) is 54.0 Å². The molecule has 1 aliphatic rings. The minimum Gasteiger partial charge on any atom is -0.489 e. The number of nitrogens with zero attached hydrogens (tertiary/aromatic N) is 3. The van der Waals surface area contributed by atoms with E-state index in [1.807, 2.05) is 49.1 Å². The lowest BCUT2D eigenvalue weighted by molar-refractivity contribution is -0.129. The van der Waals surface area contributed by atoms with Crippen molar-refractivity contribution in [3.05, 3.63) is 48.2 Å². The summed E-state index contributed by atoms with van der Waals surface area (Å²) in [5.74, 6) is 1.31. The highest BCUT2D eigenvalue weighted by molar-refractivity contribution is 6.04. The highest BCUT2D eigenvalue weighted by atomic mass is 16.5. The Morgan fingerprint density at radius 2 is 1.79 bits per heavy atom. The highest BCUT2D eigenvalue weighted by Crippen LogP contribution is 2.25. The molecule has 3 rings (SSSR count). The van der Waals surface area contributed by atoms with E-state index in [1.54, 1.807) is 19.2 Å². The van der Waals surface area contributed by atoms with Crippen LogP contribution in [0.15, 0.2) is 42.6 Å². The molecule has 0 aliphatic carbocycles. The fourth-order valence-electron chi connectivity index (χ4n) is 3.08. The number of para-hydroxylation sites is 2. The molecule has 7 nitrogen and oxygen atoms in total. The van der Waals surface area contributed by atoms with Crippen molar-refractivity contribution < 1.29 is 14.3 Å². The van der Waals surface area contributed by atoms with Gasteiger partial charge >= 0.3 is 0 Å². The van der Waals surface area contributed by atoms with Crippen molar-refractivity contribution >= 4 is 23.3 Å². The maximum Gasteiger partial charge on any atom is 0.257 e. The van der Waals surface area contributed by atoms with Crippen LogP contribution in [0.4, 0.5) is 11.5 Å². The summed E-state index contributed by atoms with van der Waals surface area (Å²) in [4.78, 5) is 32.4. The zero-order valence-electron chi connectivity index (χ0n) is 16.5. The van der Waals surface area contributed by atoms with Gasteiger partial charge in [-0.15, -0.1) is 0 Å². The summed E-state index contributed by atoms with van der Waals surface area (Å²) < 4.78 is 5.74. The minimum atomic E-state index is -0.236. The number of carbonyl (C=O) groups is 2. The van der Waals surface area contributed by atoms with Gasteiger partial charge in [0.25, 0.3) is 5.91 Å². The summed E-state index contributed by atoms with van der Waals surface area (Å²) in [5, 5.41) is 2.89. The molecular formula is C21H26N4O3. The normalized spacial score (nSPS) is 14.1. The van der Waals surface area contributed by atoms with Crippen molar-refractivity contribution in [2.24, 2.45) is 0 Å². The maximum atomic E-state index is 12.6. The van der Waals surface area contributed by atoms with Gasteiger partial charge in [-0.05, 0) is 38.1 Å². The molecule has 0 unspecified atom stereocenters. The summed E-state index contributed by atoms with van der Waals surface area (Å²) in [6.07, 6.45) is 1.59. The second kappa shape index (κ2) is 8.73. The van der Waals surface area contributed by atoms with Crippen LogP contribution in [0, 0.1) is 0 Å². The molecule has 1 aromatic carbocycles. The van der Waals surface area contributed by atoms with Gasteiger partial charge in [0.2, 0.25) is 5.91 Å². The number of nitrogens with one attached hydrogen (secondary N) is 1. The number of ether oxygens (including phenoxy) is 1. The van der Waals surface area contributed by atoms with Crippen molar-refractivity contribution in [1.29, 1.82) is 0 Å². The van der Waals surface area contributed by atoms with E-state index in [-0.39, 0.29) is 17.9 Å². The number of pyridine rings is 1. The predicted octanol–water partition coefficient (Wildman–Crippen LogP) is 2.79. The Bertz CT molecular complexity index is 828. The number of hydrogen-bond donors (Lipinski definition) is 1. The third kappa shape index (κ3) is 4.79. The molecule has 0 radical (unpaired) electrons. The van der Waals surface area contributed by atoms with Gasteiger partial charge in [0.1, 0.15) is 11.6 Å². The van der Waals surface area contributed by atoms with Crippen LogP contribution in [0.3, 0.4) is 0 Å². The van der Waals surface area contributed by atoms with Gasteiger partial charge in [-0.1, -0.05) is 12.1 Å². The van der Waals surface area contributed by atoms with Crippen molar-refractivity contribution in [1.82, 2.24) is 9.88 Å². The Morgan fingerprint density at radius 3 is 2.39 bits per heavy atom. The molecule has 148 valence electrons. The number of rotatable bonds is 5. The lowest BCUT2D eigenvalue weighted by Crippen LogP contribution is -2.48. The van der Waals surface area contributed by atoms with Crippen LogP contribution in [-0.2, 0) is 4.79 Å². The van der Waals surface area contributed by atoms with Crippen molar-refractivity contribution in [3.63, 3.8) is 0 Å². The molecule has 1 saturated heterocycles. The monoisotopic (exact) mass is 382 g/mol. The average molecular weight is 382 g/mol. The summed E-state index contributed by atoms with van der Waals surface area (Å²) >= 11 is 0. The first-order valence-corrected chi connectivity index (χ1v) is 9.47. The molecule has 28 heavy (non-hydrogen) atoms. The molecule has 2 aromatic rings. The van der Waals surface area contributed by atoms with E-state index in [2.05, 4.69) is 15.2 Å². The smallest absolute Gasteiger partial charge is 0.257 e. The topological polar surface area (TPSA) is 74.8 Å². The first kappa shape index (κ1) is 19.7. The lowest BCUT2D eigenvalue weighted by Gasteiger charge is -2.34. The van der Waals surface area contributed by atoms with E-state index < -0.39 is 0 Å². The van der Waals surface area contributed by atoms with Crippen LogP contribution >= 0.6 is 0 Å². The molecule has 1 fully saturated rings. The Balaban J connectivity index is 1.64. The summed E-state index contributed by atoms with van der Waals surface area (Å²) in [6, 6.07) is 11.0. The van der Waals surface area contributed by atoms with Crippen LogP contribution in [0.2, 0.25) is 0 Å². The Kier molecular flexibility index (Phi) is 6.13. The van der Waals surface area contributed by atoms with E-state index in [4.69, 9.17) is 4.74 Å². The first-order valence-electron chi connectivity index (χ1n) is 9.47. The Hall–Kier alpha value is -3.09. The molecule has 0 spiro atoms. The molecule has 0 atom stereocenters. The molecule has 1 N–H and O–H groups in total. The molecule has 1 aliphatic heterocycles. The van der Waals surface area contributed by atoms with E-state index in [0.29, 0.717) is 30.1 Å². The number of amides is 2. The number of aromatic nitrogens is 1. The van der Waals surface area contributed by atoms with Gasteiger partial charge in [-0.2, -0.15) is 0 Å². The predicted molar refractivity (Wildman–Crippen MR) is 109 cm³/mol. The van der Waals surface area contributed by atoms with Gasteiger partial charge in [0.15, 0.2) is 0 Å². The lowest BCUT2D eigenvalue weighted by atomic mass is 10.2. The molecule has 2 amide bonds. The zero-order chi connectivity index (χ0) is 20.1. The number of hydrogen-bond acceptors (Lipinski definition) is 5. The van der Waals surface area contributed by atoms with Gasteiger partial charge in [0.05, 0.1) is 17.4 Å². The van der Waals surface area contributed by atoms with E-state index in [9.17, 15) is 9.59 Å². The maximum absolute atomic E-state index is 12.6. The average Bonchev–Trinajstić information content (AvgIpc) is 2.69. The number of carbonyl (C=O) groups excluding carboxylic acids is 2. The summed E-state index contributed by atoms with van der Waals surface area (Å²) in [6.45, 7) is 8.31. The summed E-state index contributed by atoms with van der Waals surface area (Å²) in [5.41, 5.74) is 1.11.